The number of hydrogen-bond donors (Lipinski definition) is 0. The zero-order valence-electron chi connectivity index (χ0n) is 20.4. The number of anilines is 1. The van der Waals surface area contributed by atoms with E-state index in [4.69, 9.17) is 4.74 Å². The van der Waals surface area contributed by atoms with Gasteiger partial charge < -0.3 is 4.74 Å². The number of hydrogen-bond acceptors (Lipinski definition) is 3. The Balaban J connectivity index is 1.31. The van der Waals surface area contributed by atoms with Gasteiger partial charge in [0.1, 0.15) is 11.2 Å². The molecule has 2 amide bonds. The predicted octanol–water partition coefficient (Wildman–Crippen LogP) is 5.49. The molecule has 0 unspecified atom stereocenters. The molecule has 8 atom stereocenters. The maximum Gasteiger partial charge on any atom is 0.238 e. The Labute approximate surface area is 215 Å². The number of para-hydroxylation sites is 1. The molecule has 4 nitrogen and oxygen atoms in total. The normalized spacial score (nSPS) is 39.7. The van der Waals surface area contributed by atoms with E-state index in [1.165, 1.54) is 35.3 Å². The fraction of sp³-hybridized carbons (Fsp3) is 0.333. The molecule has 9 rings (SSSR count). The Bertz CT molecular complexity index is 1420. The first-order valence-electron chi connectivity index (χ1n) is 13.7. The Morgan fingerprint density at radius 3 is 1.62 bits per heavy atom. The van der Waals surface area contributed by atoms with Crippen molar-refractivity contribution in [1.82, 2.24) is 0 Å². The molecule has 0 spiro atoms. The zero-order chi connectivity index (χ0) is 24.5. The SMILES string of the molecule is O=C1[C@@H]2[C@H](C(=O)N1c1ccccc1)[C@H]1C(=C(c3ccccc3)c3ccccc3)[C@H]2[C@]23O[C@@]12[C@H]1CC[C@H]3C1. The van der Waals surface area contributed by atoms with Crippen LogP contribution in [0.3, 0.4) is 0 Å². The van der Waals surface area contributed by atoms with E-state index in [0.717, 1.165) is 11.1 Å². The molecule has 4 heteroatoms. The fourth-order valence-electron chi connectivity index (χ4n) is 9.78. The lowest BCUT2D eigenvalue weighted by atomic mass is 9.64. The average molecular weight is 486 g/mol. The molecule has 4 saturated carbocycles. The minimum Gasteiger partial charge on any atom is -0.361 e. The number of epoxide rings is 1. The highest BCUT2D eigenvalue weighted by Gasteiger charge is 2.96. The van der Waals surface area contributed by atoms with Crippen molar-refractivity contribution in [2.24, 2.45) is 35.5 Å². The third kappa shape index (κ3) is 2.15. The zero-order valence-corrected chi connectivity index (χ0v) is 20.4. The number of imide groups is 1. The summed E-state index contributed by atoms with van der Waals surface area (Å²) in [5.74, 6) is 0.141. The van der Waals surface area contributed by atoms with E-state index < -0.39 is 0 Å². The van der Waals surface area contributed by atoms with Gasteiger partial charge in [-0.1, -0.05) is 78.9 Å². The molecule has 6 fully saturated rings. The van der Waals surface area contributed by atoms with Crippen molar-refractivity contribution in [2.75, 3.05) is 4.90 Å². The smallest absolute Gasteiger partial charge is 0.238 e. The highest BCUT2D eigenvalue weighted by molar-refractivity contribution is 6.23. The summed E-state index contributed by atoms with van der Waals surface area (Å²) in [5, 5.41) is 0. The van der Waals surface area contributed by atoms with Crippen LogP contribution in [0.5, 0.6) is 0 Å². The molecule has 37 heavy (non-hydrogen) atoms. The molecule has 4 bridgehead atoms. The molecule has 0 N–H and O–H groups in total. The number of carbonyl (C=O) groups is 2. The van der Waals surface area contributed by atoms with Crippen LogP contribution in [-0.4, -0.2) is 23.0 Å². The van der Waals surface area contributed by atoms with Crippen LogP contribution in [0.4, 0.5) is 5.69 Å². The van der Waals surface area contributed by atoms with E-state index in [1.54, 1.807) is 0 Å². The number of ether oxygens (including phenoxy) is 1. The summed E-state index contributed by atoms with van der Waals surface area (Å²) >= 11 is 0. The van der Waals surface area contributed by atoms with Crippen molar-refractivity contribution in [3.8, 4) is 0 Å². The summed E-state index contributed by atoms with van der Waals surface area (Å²) in [6.45, 7) is 0. The lowest BCUT2D eigenvalue weighted by molar-refractivity contribution is -0.123. The number of carbonyl (C=O) groups excluding carboxylic acids is 2. The van der Waals surface area contributed by atoms with Gasteiger partial charge in [-0.05, 0) is 65.5 Å². The van der Waals surface area contributed by atoms with E-state index in [1.807, 2.05) is 42.5 Å². The Morgan fingerprint density at radius 1 is 0.676 bits per heavy atom. The summed E-state index contributed by atoms with van der Waals surface area (Å²) in [6, 6.07) is 30.6. The number of fused-ring (bicyclic) bond motifs is 7. The lowest BCUT2D eigenvalue weighted by Gasteiger charge is -2.32. The van der Waals surface area contributed by atoms with Crippen LogP contribution >= 0.6 is 0 Å². The molecule has 0 aromatic heterocycles. The third-order valence-electron chi connectivity index (χ3n) is 10.7. The van der Waals surface area contributed by atoms with Crippen molar-refractivity contribution < 1.29 is 14.3 Å². The molecule has 4 aliphatic carbocycles. The molecular weight excluding hydrogens is 458 g/mol. The van der Waals surface area contributed by atoms with Gasteiger partial charge in [0, 0.05) is 11.8 Å². The second-order valence-electron chi connectivity index (χ2n) is 11.8. The first kappa shape index (κ1) is 20.5. The fourth-order valence-corrected chi connectivity index (χ4v) is 9.78. The first-order chi connectivity index (χ1) is 18.2. The van der Waals surface area contributed by atoms with Crippen molar-refractivity contribution in [1.29, 1.82) is 0 Å². The molecule has 182 valence electrons. The number of nitrogens with zero attached hydrogens (tertiary/aromatic N) is 1. The van der Waals surface area contributed by atoms with E-state index in [0.29, 0.717) is 17.5 Å². The van der Waals surface area contributed by atoms with Crippen molar-refractivity contribution in [3.05, 3.63) is 108 Å². The second-order valence-corrected chi connectivity index (χ2v) is 11.8. The highest BCUT2D eigenvalue weighted by atomic mass is 16.6. The monoisotopic (exact) mass is 485 g/mol. The molecule has 3 aromatic rings. The third-order valence-corrected chi connectivity index (χ3v) is 10.7. The van der Waals surface area contributed by atoms with E-state index >= 15 is 0 Å². The topological polar surface area (TPSA) is 49.9 Å². The Kier molecular flexibility index (Phi) is 3.71. The summed E-state index contributed by atoms with van der Waals surface area (Å²) in [6.07, 6.45) is 3.55. The maximum atomic E-state index is 14.2. The summed E-state index contributed by atoms with van der Waals surface area (Å²) < 4.78 is 6.91. The van der Waals surface area contributed by atoms with Crippen LogP contribution in [0.2, 0.25) is 0 Å². The van der Waals surface area contributed by atoms with E-state index in [-0.39, 0.29) is 46.7 Å². The lowest BCUT2D eigenvalue weighted by Crippen LogP contribution is -2.46. The number of benzene rings is 3. The van der Waals surface area contributed by atoms with Crippen molar-refractivity contribution in [3.63, 3.8) is 0 Å². The van der Waals surface area contributed by atoms with Crippen LogP contribution in [-0.2, 0) is 14.3 Å². The number of rotatable bonds is 3. The van der Waals surface area contributed by atoms with Crippen molar-refractivity contribution >= 4 is 23.1 Å². The van der Waals surface area contributed by atoms with Gasteiger partial charge in [-0.3, -0.25) is 14.5 Å². The predicted molar refractivity (Wildman–Crippen MR) is 139 cm³/mol. The molecule has 2 heterocycles. The standard InChI is InChI=1S/C33H27NO3/c35-30-26-27(31(36)34(30)23-14-8-3-9-15-23)29-25(28(26)32-21-16-17-22(18-21)33(29,32)37-32)24(19-10-4-1-5-11-19)20-12-6-2-7-13-20/h1-15,21-22,26-29H,16-18H2/t21-,22-,26-,27+,28+,29+,32-,33-/m0/s1. The maximum absolute atomic E-state index is 14.2. The van der Waals surface area contributed by atoms with Crippen LogP contribution in [0, 0.1) is 35.5 Å². The van der Waals surface area contributed by atoms with E-state index in [2.05, 4.69) is 48.5 Å². The average Bonchev–Trinajstić information content (AvgIpc) is 3.31. The van der Waals surface area contributed by atoms with Crippen LogP contribution < -0.4 is 4.90 Å². The van der Waals surface area contributed by atoms with E-state index in [9.17, 15) is 9.59 Å². The van der Waals surface area contributed by atoms with Gasteiger partial charge in [-0.15, -0.1) is 0 Å². The number of amides is 2. The molecule has 6 aliphatic rings. The minimum absolute atomic E-state index is 0.0343. The van der Waals surface area contributed by atoms with Crippen molar-refractivity contribution in [2.45, 2.75) is 30.5 Å². The van der Waals surface area contributed by atoms with Gasteiger partial charge in [0.15, 0.2) is 0 Å². The Hall–Kier alpha value is -3.50. The molecule has 3 aromatic carbocycles. The highest BCUT2D eigenvalue weighted by Crippen LogP contribution is 2.88. The van der Waals surface area contributed by atoms with Crippen LogP contribution in [0.15, 0.2) is 96.6 Å². The van der Waals surface area contributed by atoms with Gasteiger partial charge in [-0.2, -0.15) is 0 Å². The molecule has 2 aliphatic heterocycles. The molecule has 0 radical (unpaired) electrons. The minimum atomic E-state index is -0.342. The van der Waals surface area contributed by atoms with Gasteiger partial charge in [0.2, 0.25) is 11.8 Å². The Morgan fingerprint density at radius 2 is 1.14 bits per heavy atom. The van der Waals surface area contributed by atoms with Crippen LogP contribution in [0.25, 0.3) is 5.57 Å². The molecular formula is C33H27NO3. The van der Waals surface area contributed by atoms with Crippen LogP contribution in [0.1, 0.15) is 30.4 Å². The second kappa shape index (κ2) is 6.68. The first-order valence-corrected chi connectivity index (χ1v) is 13.7. The largest absolute Gasteiger partial charge is 0.361 e. The van der Waals surface area contributed by atoms with Gasteiger partial charge in [-0.25, -0.2) is 0 Å². The van der Waals surface area contributed by atoms with Gasteiger partial charge >= 0.3 is 0 Å². The summed E-state index contributed by atoms with van der Waals surface area (Å²) in [7, 11) is 0. The summed E-state index contributed by atoms with van der Waals surface area (Å²) in [5.41, 5.74) is 5.03. The molecule has 2 saturated heterocycles. The van der Waals surface area contributed by atoms with Gasteiger partial charge in [0.25, 0.3) is 0 Å². The van der Waals surface area contributed by atoms with Gasteiger partial charge in [0.05, 0.1) is 17.5 Å². The quantitative estimate of drug-likeness (QED) is 0.364. The summed E-state index contributed by atoms with van der Waals surface area (Å²) in [4.78, 5) is 29.9.